The number of hydrogen-bond acceptors (Lipinski definition) is 4. The van der Waals surface area contributed by atoms with E-state index in [4.69, 9.17) is 0 Å². The van der Waals surface area contributed by atoms with E-state index in [1.807, 2.05) is 19.2 Å². The zero-order chi connectivity index (χ0) is 14.5. The minimum absolute atomic E-state index is 0.192. The van der Waals surface area contributed by atoms with Crippen LogP contribution < -0.4 is 10.2 Å². The van der Waals surface area contributed by atoms with Gasteiger partial charge in [-0.1, -0.05) is 19.9 Å². The molecule has 0 bridgehead atoms. The highest BCUT2D eigenvalue weighted by Crippen LogP contribution is 2.26. The summed E-state index contributed by atoms with van der Waals surface area (Å²) in [6.07, 6.45) is 3.77. The van der Waals surface area contributed by atoms with Crippen LogP contribution >= 0.6 is 0 Å². The number of aromatic nitrogens is 1. The number of anilines is 1. The molecule has 1 unspecified atom stereocenters. The number of nitrogens with one attached hydrogen (secondary N) is 1. The molecular weight excluding hydrogens is 250 g/mol. The van der Waals surface area contributed by atoms with E-state index in [1.165, 1.54) is 5.56 Å². The summed E-state index contributed by atoms with van der Waals surface area (Å²) in [4.78, 5) is 6.93. The highest BCUT2D eigenvalue weighted by atomic mass is 16.3. The molecule has 1 aromatic rings. The number of pyridine rings is 1. The van der Waals surface area contributed by atoms with Gasteiger partial charge in [0.25, 0.3) is 0 Å². The zero-order valence-corrected chi connectivity index (χ0v) is 12.8. The first kappa shape index (κ1) is 15.3. The monoisotopic (exact) mass is 277 g/mol. The van der Waals surface area contributed by atoms with E-state index >= 15 is 0 Å². The first-order valence-corrected chi connectivity index (χ1v) is 7.68. The van der Waals surface area contributed by atoms with Gasteiger partial charge in [-0.25, -0.2) is 4.98 Å². The summed E-state index contributed by atoms with van der Waals surface area (Å²) < 4.78 is 0. The lowest BCUT2D eigenvalue weighted by Gasteiger charge is -2.35. The molecule has 0 spiro atoms. The quantitative estimate of drug-likeness (QED) is 0.866. The normalized spacial score (nSPS) is 18.6. The minimum Gasteiger partial charge on any atom is -0.393 e. The summed E-state index contributed by atoms with van der Waals surface area (Å²) in [7, 11) is 0. The smallest absolute Gasteiger partial charge is 0.133 e. The Kier molecular flexibility index (Phi) is 5.38. The van der Waals surface area contributed by atoms with E-state index in [0.29, 0.717) is 12.0 Å². The van der Waals surface area contributed by atoms with Crippen molar-refractivity contribution in [3.8, 4) is 0 Å². The van der Waals surface area contributed by atoms with Crippen molar-refractivity contribution in [1.82, 2.24) is 10.3 Å². The lowest BCUT2D eigenvalue weighted by atomic mass is 9.92. The van der Waals surface area contributed by atoms with Crippen LogP contribution in [-0.2, 0) is 6.54 Å². The lowest BCUT2D eigenvalue weighted by Crippen LogP contribution is -2.38. The van der Waals surface area contributed by atoms with Crippen molar-refractivity contribution in [2.24, 2.45) is 5.92 Å². The van der Waals surface area contributed by atoms with Crippen molar-refractivity contribution in [3.63, 3.8) is 0 Å². The van der Waals surface area contributed by atoms with Gasteiger partial charge in [0.2, 0.25) is 0 Å². The number of rotatable bonds is 5. The van der Waals surface area contributed by atoms with E-state index in [1.54, 1.807) is 0 Å². The Balaban J connectivity index is 2.02. The van der Waals surface area contributed by atoms with Gasteiger partial charge in [-0.15, -0.1) is 0 Å². The predicted octanol–water partition coefficient (Wildman–Crippen LogP) is 2.18. The number of piperidine rings is 1. The largest absolute Gasteiger partial charge is 0.393 e. The molecule has 20 heavy (non-hydrogen) atoms. The van der Waals surface area contributed by atoms with Gasteiger partial charge >= 0.3 is 0 Å². The summed E-state index contributed by atoms with van der Waals surface area (Å²) in [5.74, 6) is 1.54. The molecule has 2 heterocycles. The Labute approximate surface area is 122 Å². The van der Waals surface area contributed by atoms with Crippen molar-refractivity contribution in [1.29, 1.82) is 0 Å². The molecule has 4 heteroatoms. The number of aliphatic hydroxyl groups excluding tert-OH is 1. The number of aliphatic hydroxyl groups is 1. The molecule has 2 N–H and O–H groups in total. The number of hydrogen-bond donors (Lipinski definition) is 2. The maximum absolute atomic E-state index is 9.69. The maximum Gasteiger partial charge on any atom is 0.133 e. The van der Waals surface area contributed by atoms with Crippen LogP contribution in [0.15, 0.2) is 18.3 Å². The second-order valence-corrected chi connectivity index (χ2v) is 6.09. The van der Waals surface area contributed by atoms with Crippen LogP contribution in [0, 0.1) is 5.92 Å². The van der Waals surface area contributed by atoms with Crippen molar-refractivity contribution in [2.45, 2.75) is 52.3 Å². The Hall–Kier alpha value is -1.13. The fourth-order valence-corrected chi connectivity index (χ4v) is 2.76. The molecule has 0 radical (unpaired) electrons. The SMILES string of the molecule is CC(C)NCc1cccnc1N1CCC(C(C)O)CC1. The van der Waals surface area contributed by atoms with Gasteiger partial charge in [0.05, 0.1) is 6.10 Å². The molecule has 0 aliphatic carbocycles. The van der Waals surface area contributed by atoms with Gasteiger partial charge in [0.1, 0.15) is 5.82 Å². The molecule has 1 aliphatic rings. The highest BCUT2D eigenvalue weighted by molar-refractivity contribution is 5.47. The molecule has 1 aromatic heterocycles. The molecule has 1 saturated heterocycles. The summed E-state index contributed by atoms with van der Waals surface area (Å²) in [6.45, 7) is 9.05. The molecular formula is C16H27N3O. The van der Waals surface area contributed by atoms with Crippen LogP contribution in [0.4, 0.5) is 5.82 Å². The molecule has 1 aliphatic heterocycles. The second kappa shape index (κ2) is 7.04. The van der Waals surface area contributed by atoms with Crippen LogP contribution in [-0.4, -0.2) is 35.3 Å². The molecule has 1 atom stereocenters. The maximum atomic E-state index is 9.69. The summed E-state index contributed by atoms with van der Waals surface area (Å²) in [5.41, 5.74) is 1.26. The van der Waals surface area contributed by atoms with Crippen molar-refractivity contribution >= 4 is 5.82 Å². The first-order chi connectivity index (χ1) is 9.58. The first-order valence-electron chi connectivity index (χ1n) is 7.68. The van der Waals surface area contributed by atoms with Crippen LogP contribution in [0.25, 0.3) is 0 Å². The van der Waals surface area contributed by atoms with Crippen molar-refractivity contribution in [3.05, 3.63) is 23.9 Å². The third-order valence-corrected chi connectivity index (χ3v) is 4.09. The van der Waals surface area contributed by atoms with Gasteiger partial charge in [-0.3, -0.25) is 0 Å². The average molecular weight is 277 g/mol. The van der Waals surface area contributed by atoms with Crippen LogP contribution in [0.2, 0.25) is 0 Å². The van der Waals surface area contributed by atoms with Gasteiger partial charge in [-0.2, -0.15) is 0 Å². The molecule has 1 fully saturated rings. The van der Waals surface area contributed by atoms with Crippen molar-refractivity contribution < 1.29 is 5.11 Å². The minimum atomic E-state index is -0.192. The van der Waals surface area contributed by atoms with Crippen LogP contribution in [0.3, 0.4) is 0 Å². The third kappa shape index (κ3) is 3.93. The predicted molar refractivity (Wildman–Crippen MR) is 82.8 cm³/mol. The Morgan fingerprint density at radius 1 is 1.35 bits per heavy atom. The zero-order valence-electron chi connectivity index (χ0n) is 12.8. The fourth-order valence-electron chi connectivity index (χ4n) is 2.76. The van der Waals surface area contributed by atoms with E-state index in [-0.39, 0.29) is 6.10 Å². The molecule has 112 valence electrons. The molecule has 4 nitrogen and oxygen atoms in total. The second-order valence-electron chi connectivity index (χ2n) is 6.09. The van der Waals surface area contributed by atoms with E-state index in [0.717, 1.165) is 38.3 Å². The van der Waals surface area contributed by atoms with Crippen LogP contribution in [0.5, 0.6) is 0 Å². The Morgan fingerprint density at radius 2 is 2.05 bits per heavy atom. The van der Waals surface area contributed by atoms with Gasteiger partial charge in [0, 0.05) is 37.4 Å². The molecule has 2 rings (SSSR count). The highest BCUT2D eigenvalue weighted by Gasteiger charge is 2.24. The Bertz CT molecular complexity index is 412. The fraction of sp³-hybridized carbons (Fsp3) is 0.688. The summed E-state index contributed by atoms with van der Waals surface area (Å²) >= 11 is 0. The van der Waals surface area contributed by atoms with Gasteiger partial charge in [0.15, 0.2) is 0 Å². The molecule has 0 saturated carbocycles. The van der Waals surface area contributed by atoms with E-state index < -0.39 is 0 Å². The lowest BCUT2D eigenvalue weighted by molar-refractivity contribution is 0.109. The van der Waals surface area contributed by atoms with Crippen LogP contribution in [0.1, 0.15) is 39.2 Å². The van der Waals surface area contributed by atoms with Gasteiger partial charge < -0.3 is 15.3 Å². The van der Waals surface area contributed by atoms with E-state index in [2.05, 4.69) is 35.1 Å². The third-order valence-electron chi connectivity index (χ3n) is 4.09. The topological polar surface area (TPSA) is 48.4 Å². The van der Waals surface area contributed by atoms with Crippen molar-refractivity contribution in [2.75, 3.05) is 18.0 Å². The van der Waals surface area contributed by atoms with E-state index in [9.17, 15) is 5.11 Å². The standard InChI is InChI=1S/C16H27N3O/c1-12(2)18-11-15-5-4-8-17-16(15)19-9-6-14(7-10-19)13(3)20/h4-5,8,12-14,18,20H,6-7,9-11H2,1-3H3. The summed E-state index contributed by atoms with van der Waals surface area (Å²) in [5, 5.41) is 13.2. The molecule has 0 aromatic carbocycles. The van der Waals surface area contributed by atoms with Gasteiger partial charge in [-0.05, 0) is 31.7 Å². The number of nitrogens with zero attached hydrogens (tertiary/aromatic N) is 2. The molecule has 0 amide bonds. The summed E-state index contributed by atoms with van der Waals surface area (Å²) in [6, 6.07) is 4.63. The Morgan fingerprint density at radius 3 is 2.65 bits per heavy atom. The average Bonchev–Trinajstić information content (AvgIpc) is 2.45.